The molecule has 0 fully saturated rings. The van der Waals surface area contributed by atoms with Crippen LogP contribution in [-0.4, -0.2) is 17.4 Å². The van der Waals surface area contributed by atoms with E-state index in [1.54, 1.807) is 18.2 Å². The average Bonchev–Trinajstić information content (AvgIpc) is 3.00. The van der Waals surface area contributed by atoms with Crippen LogP contribution in [0.4, 0.5) is 0 Å². The Labute approximate surface area is 136 Å². The second kappa shape index (κ2) is 6.32. The molecule has 5 heteroatoms. The molecule has 0 saturated heterocycles. The molecule has 22 heavy (non-hydrogen) atoms. The van der Waals surface area contributed by atoms with Crippen molar-refractivity contribution in [2.75, 3.05) is 6.54 Å². The summed E-state index contributed by atoms with van der Waals surface area (Å²) in [6.07, 6.45) is 1.38. The molecule has 2 aromatic carbocycles. The van der Waals surface area contributed by atoms with Gasteiger partial charge < -0.3 is 9.73 Å². The molecule has 0 aliphatic rings. The van der Waals surface area contributed by atoms with Gasteiger partial charge in [-0.25, -0.2) is 4.98 Å². The molecule has 1 N–H and O–H groups in total. The monoisotopic (exact) mass is 358 g/mol. The normalized spacial score (nSPS) is 12.3. The highest BCUT2D eigenvalue weighted by molar-refractivity contribution is 9.10. The summed E-state index contributed by atoms with van der Waals surface area (Å²) in [6.45, 7) is 2.67. The third kappa shape index (κ3) is 3.20. The molecule has 0 aliphatic heterocycles. The first-order chi connectivity index (χ1) is 10.6. The molecule has 3 aromatic rings. The Balaban J connectivity index is 1.65. The van der Waals surface area contributed by atoms with Crippen LogP contribution in [0.25, 0.3) is 11.1 Å². The first kappa shape index (κ1) is 14.8. The molecule has 1 unspecified atom stereocenters. The number of benzene rings is 2. The zero-order valence-electron chi connectivity index (χ0n) is 12.0. The first-order valence-corrected chi connectivity index (χ1v) is 7.79. The quantitative estimate of drug-likeness (QED) is 0.762. The van der Waals surface area contributed by atoms with E-state index in [1.165, 1.54) is 12.0 Å². The summed E-state index contributed by atoms with van der Waals surface area (Å²) in [5.74, 6) is 0.140. The maximum atomic E-state index is 12.2. The fraction of sp³-hybridized carbons (Fsp3) is 0.176. The summed E-state index contributed by atoms with van der Waals surface area (Å²) < 4.78 is 6.22. The number of hydrogen-bond acceptors (Lipinski definition) is 3. The van der Waals surface area contributed by atoms with Gasteiger partial charge in [0.1, 0.15) is 5.52 Å². The summed E-state index contributed by atoms with van der Waals surface area (Å²) in [7, 11) is 0. The van der Waals surface area contributed by atoms with Gasteiger partial charge in [0, 0.05) is 16.6 Å². The number of rotatable bonds is 4. The molecule has 0 aliphatic carbocycles. The summed E-state index contributed by atoms with van der Waals surface area (Å²) in [6, 6.07) is 13.4. The van der Waals surface area contributed by atoms with Crippen LogP contribution >= 0.6 is 15.9 Å². The lowest BCUT2D eigenvalue weighted by molar-refractivity contribution is 0.0952. The van der Waals surface area contributed by atoms with Crippen molar-refractivity contribution in [1.82, 2.24) is 10.3 Å². The minimum atomic E-state index is -0.103. The van der Waals surface area contributed by atoms with Crippen LogP contribution in [0.5, 0.6) is 0 Å². The minimum absolute atomic E-state index is 0.103. The molecule has 1 heterocycles. The van der Waals surface area contributed by atoms with Crippen LogP contribution < -0.4 is 5.32 Å². The lowest BCUT2D eigenvalue weighted by atomic mass is 10.0. The van der Waals surface area contributed by atoms with E-state index >= 15 is 0 Å². The Morgan fingerprint density at radius 3 is 2.82 bits per heavy atom. The van der Waals surface area contributed by atoms with Gasteiger partial charge >= 0.3 is 0 Å². The van der Waals surface area contributed by atoms with E-state index in [0.717, 1.165) is 4.47 Å². The number of fused-ring (bicyclic) bond motifs is 1. The SMILES string of the molecule is CC(CNC(=O)c1ccc2ocnc2c1)c1ccc(Br)cc1. The van der Waals surface area contributed by atoms with Crippen LogP contribution in [0.15, 0.2) is 57.7 Å². The van der Waals surface area contributed by atoms with Gasteiger partial charge in [0.2, 0.25) is 0 Å². The number of amides is 1. The largest absolute Gasteiger partial charge is 0.443 e. The smallest absolute Gasteiger partial charge is 0.251 e. The molecular formula is C17H15BrN2O2. The standard InChI is InChI=1S/C17H15BrN2O2/c1-11(12-2-5-14(18)6-3-12)9-19-17(21)13-4-7-16-15(8-13)20-10-22-16/h2-8,10-11H,9H2,1H3,(H,19,21). The van der Waals surface area contributed by atoms with E-state index in [-0.39, 0.29) is 11.8 Å². The number of halogens is 1. The highest BCUT2D eigenvalue weighted by Crippen LogP contribution is 2.18. The number of nitrogens with one attached hydrogen (secondary N) is 1. The van der Waals surface area contributed by atoms with Crippen molar-refractivity contribution in [3.8, 4) is 0 Å². The fourth-order valence-electron chi connectivity index (χ4n) is 2.26. The Hall–Kier alpha value is -2.14. The fourth-order valence-corrected chi connectivity index (χ4v) is 2.52. The summed E-state index contributed by atoms with van der Waals surface area (Å²) in [5.41, 5.74) is 3.15. The number of hydrogen-bond donors (Lipinski definition) is 1. The lowest BCUT2D eigenvalue weighted by Gasteiger charge is -2.13. The molecule has 112 valence electrons. The molecular weight excluding hydrogens is 344 g/mol. The van der Waals surface area contributed by atoms with Gasteiger partial charge in [-0.15, -0.1) is 0 Å². The van der Waals surface area contributed by atoms with Crippen LogP contribution in [0, 0.1) is 0 Å². The van der Waals surface area contributed by atoms with E-state index < -0.39 is 0 Å². The number of nitrogens with zero attached hydrogens (tertiary/aromatic N) is 1. The Bertz CT molecular complexity index is 796. The first-order valence-electron chi connectivity index (χ1n) is 7.00. The number of oxazole rings is 1. The van der Waals surface area contributed by atoms with E-state index in [4.69, 9.17) is 4.42 Å². The Morgan fingerprint density at radius 2 is 2.05 bits per heavy atom. The molecule has 1 aromatic heterocycles. The van der Waals surface area contributed by atoms with Gasteiger partial charge in [-0.2, -0.15) is 0 Å². The van der Waals surface area contributed by atoms with Gasteiger partial charge in [-0.05, 0) is 41.8 Å². The minimum Gasteiger partial charge on any atom is -0.443 e. The molecule has 0 bridgehead atoms. The molecule has 0 radical (unpaired) electrons. The number of carbonyl (C=O) groups is 1. The van der Waals surface area contributed by atoms with Gasteiger partial charge in [0.05, 0.1) is 0 Å². The van der Waals surface area contributed by atoms with E-state index in [2.05, 4.69) is 45.3 Å². The average molecular weight is 359 g/mol. The van der Waals surface area contributed by atoms with E-state index in [0.29, 0.717) is 23.2 Å². The maximum Gasteiger partial charge on any atom is 0.251 e. The Morgan fingerprint density at radius 1 is 1.27 bits per heavy atom. The lowest BCUT2D eigenvalue weighted by Crippen LogP contribution is -2.27. The molecule has 0 spiro atoms. The van der Waals surface area contributed by atoms with Crippen molar-refractivity contribution in [2.24, 2.45) is 0 Å². The zero-order chi connectivity index (χ0) is 15.5. The van der Waals surface area contributed by atoms with Crippen LogP contribution in [0.1, 0.15) is 28.8 Å². The predicted octanol–water partition coefficient (Wildman–Crippen LogP) is 4.12. The summed E-state index contributed by atoms with van der Waals surface area (Å²) in [4.78, 5) is 16.3. The van der Waals surface area contributed by atoms with Crippen molar-refractivity contribution >= 4 is 32.9 Å². The highest BCUT2D eigenvalue weighted by atomic mass is 79.9. The zero-order valence-corrected chi connectivity index (χ0v) is 13.6. The summed E-state index contributed by atoms with van der Waals surface area (Å²) in [5, 5.41) is 2.96. The number of carbonyl (C=O) groups excluding carboxylic acids is 1. The Kier molecular flexibility index (Phi) is 4.24. The topological polar surface area (TPSA) is 55.1 Å². The van der Waals surface area contributed by atoms with Crippen molar-refractivity contribution in [2.45, 2.75) is 12.8 Å². The van der Waals surface area contributed by atoms with Crippen LogP contribution in [-0.2, 0) is 0 Å². The highest BCUT2D eigenvalue weighted by Gasteiger charge is 2.11. The molecule has 3 rings (SSSR count). The van der Waals surface area contributed by atoms with Crippen LogP contribution in [0.2, 0.25) is 0 Å². The third-order valence-electron chi connectivity index (χ3n) is 3.60. The summed E-state index contributed by atoms with van der Waals surface area (Å²) >= 11 is 3.42. The van der Waals surface area contributed by atoms with Gasteiger partial charge in [-0.3, -0.25) is 4.79 Å². The molecule has 4 nitrogen and oxygen atoms in total. The van der Waals surface area contributed by atoms with E-state index in [1.807, 2.05) is 12.1 Å². The predicted molar refractivity (Wildman–Crippen MR) is 88.9 cm³/mol. The van der Waals surface area contributed by atoms with Gasteiger partial charge in [-0.1, -0.05) is 35.0 Å². The van der Waals surface area contributed by atoms with E-state index in [9.17, 15) is 4.79 Å². The third-order valence-corrected chi connectivity index (χ3v) is 4.13. The number of aromatic nitrogens is 1. The molecule has 1 amide bonds. The van der Waals surface area contributed by atoms with Crippen molar-refractivity contribution in [1.29, 1.82) is 0 Å². The van der Waals surface area contributed by atoms with Gasteiger partial charge in [0.25, 0.3) is 5.91 Å². The van der Waals surface area contributed by atoms with Crippen LogP contribution in [0.3, 0.4) is 0 Å². The molecule has 1 atom stereocenters. The van der Waals surface area contributed by atoms with Gasteiger partial charge in [0.15, 0.2) is 12.0 Å². The van der Waals surface area contributed by atoms with Crippen molar-refractivity contribution < 1.29 is 9.21 Å². The second-order valence-electron chi connectivity index (χ2n) is 5.20. The van der Waals surface area contributed by atoms with Crippen molar-refractivity contribution in [3.05, 3.63) is 64.5 Å². The maximum absolute atomic E-state index is 12.2. The molecule has 0 saturated carbocycles. The van der Waals surface area contributed by atoms with Crippen molar-refractivity contribution in [3.63, 3.8) is 0 Å². The second-order valence-corrected chi connectivity index (χ2v) is 6.11.